The number of nitrogens with one attached hydrogen (secondary N) is 1. The highest BCUT2D eigenvalue weighted by Crippen LogP contribution is 2.32. The second-order valence-electron chi connectivity index (χ2n) is 4.67. The zero-order chi connectivity index (χ0) is 14.8. The van der Waals surface area contributed by atoms with E-state index in [0.717, 1.165) is 39.9 Å². The van der Waals surface area contributed by atoms with E-state index in [1.54, 1.807) is 14.2 Å². The highest BCUT2D eigenvalue weighted by atomic mass is 16.5. The SMILES string of the molecule is COc1cccc(-c2[nH]c3ccc(OC)cc3c2C=O)c1. The third kappa shape index (κ3) is 2.25. The Morgan fingerprint density at radius 2 is 1.76 bits per heavy atom. The summed E-state index contributed by atoms with van der Waals surface area (Å²) in [6.45, 7) is 0. The molecule has 0 amide bonds. The van der Waals surface area contributed by atoms with Crippen molar-refractivity contribution < 1.29 is 14.3 Å². The number of ether oxygens (including phenoxy) is 2. The highest BCUT2D eigenvalue weighted by Gasteiger charge is 2.13. The number of hydrogen-bond acceptors (Lipinski definition) is 3. The third-order valence-electron chi connectivity index (χ3n) is 3.52. The van der Waals surface area contributed by atoms with Crippen LogP contribution in [0.25, 0.3) is 22.2 Å². The van der Waals surface area contributed by atoms with E-state index in [4.69, 9.17) is 9.47 Å². The standard InChI is InChI=1S/C17H15NO3/c1-20-12-5-3-4-11(8-12)17-15(10-19)14-9-13(21-2)6-7-16(14)18-17/h3-10,18H,1-2H3. The van der Waals surface area contributed by atoms with Crippen LogP contribution in [0.5, 0.6) is 11.5 Å². The van der Waals surface area contributed by atoms with Gasteiger partial charge in [0.05, 0.1) is 19.9 Å². The van der Waals surface area contributed by atoms with Crippen LogP contribution >= 0.6 is 0 Å². The molecule has 1 N–H and O–H groups in total. The van der Waals surface area contributed by atoms with Gasteiger partial charge in [-0.25, -0.2) is 0 Å². The quantitative estimate of drug-likeness (QED) is 0.742. The van der Waals surface area contributed by atoms with Gasteiger partial charge >= 0.3 is 0 Å². The van der Waals surface area contributed by atoms with E-state index in [1.807, 2.05) is 42.5 Å². The molecule has 0 saturated carbocycles. The van der Waals surface area contributed by atoms with Crippen molar-refractivity contribution in [3.05, 3.63) is 48.0 Å². The topological polar surface area (TPSA) is 51.3 Å². The van der Waals surface area contributed by atoms with Gasteiger partial charge in [-0.2, -0.15) is 0 Å². The number of fused-ring (bicyclic) bond motifs is 1. The summed E-state index contributed by atoms with van der Waals surface area (Å²) in [5.41, 5.74) is 3.21. The number of aromatic nitrogens is 1. The zero-order valence-electron chi connectivity index (χ0n) is 11.8. The van der Waals surface area contributed by atoms with Crippen molar-refractivity contribution in [2.24, 2.45) is 0 Å². The maximum absolute atomic E-state index is 11.5. The van der Waals surface area contributed by atoms with Gasteiger partial charge < -0.3 is 14.5 Å². The second kappa shape index (κ2) is 5.32. The molecule has 4 heteroatoms. The molecule has 0 saturated heterocycles. The summed E-state index contributed by atoms with van der Waals surface area (Å²) in [7, 11) is 3.23. The van der Waals surface area contributed by atoms with Crippen LogP contribution in [0.2, 0.25) is 0 Å². The van der Waals surface area contributed by atoms with E-state index in [9.17, 15) is 4.79 Å². The van der Waals surface area contributed by atoms with Crippen molar-refractivity contribution in [3.63, 3.8) is 0 Å². The first-order valence-electron chi connectivity index (χ1n) is 6.56. The molecule has 0 atom stereocenters. The molecule has 1 heterocycles. The Kier molecular flexibility index (Phi) is 3.36. The van der Waals surface area contributed by atoms with Crippen LogP contribution in [0.15, 0.2) is 42.5 Å². The van der Waals surface area contributed by atoms with Gasteiger partial charge in [0, 0.05) is 22.0 Å². The molecule has 2 aromatic carbocycles. The predicted octanol–water partition coefficient (Wildman–Crippen LogP) is 3.66. The van der Waals surface area contributed by atoms with Crippen molar-refractivity contribution in [2.45, 2.75) is 0 Å². The minimum absolute atomic E-state index is 0.622. The second-order valence-corrected chi connectivity index (χ2v) is 4.67. The van der Waals surface area contributed by atoms with Gasteiger partial charge in [-0.3, -0.25) is 4.79 Å². The Morgan fingerprint density at radius 1 is 1.00 bits per heavy atom. The molecule has 1 aromatic heterocycles. The van der Waals surface area contributed by atoms with Crippen LogP contribution in [0.1, 0.15) is 10.4 Å². The number of H-pyrrole nitrogens is 1. The first-order valence-corrected chi connectivity index (χ1v) is 6.56. The van der Waals surface area contributed by atoms with Gasteiger partial charge in [0.15, 0.2) is 6.29 Å². The molecular weight excluding hydrogens is 266 g/mol. The number of carbonyl (C=O) groups excluding carboxylic acids is 1. The number of rotatable bonds is 4. The van der Waals surface area contributed by atoms with Crippen molar-refractivity contribution in [3.8, 4) is 22.8 Å². The molecule has 0 radical (unpaired) electrons. The van der Waals surface area contributed by atoms with E-state index in [0.29, 0.717) is 5.56 Å². The van der Waals surface area contributed by atoms with Crippen molar-refractivity contribution in [1.29, 1.82) is 0 Å². The molecule has 4 nitrogen and oxygen atoms in total. The molecule has 0 unspecified atom stereocenters. The lowest BCUT2D eigenvalue weighted by molar-refractivity contribution is 0.112. The highest BCUT2D eigenvalue weighted by molar-refractivity contribution is 6.04. The number of aromatic amines is 1. The van der Waals surface area contributed by atoms with E-state index in [-0.39, 0.29) is 0 Å². The first-order chi connectivity index (χ1) is 10.3. The van der Waals surface area contributed by atoms with Crippen molar-refractivity contribution in [2.75, 3.05) is 14.2 Å². The molecule has 3 aromatic rings. The van der Waals surface area contributed by atoms with Gasteiger partial charge in [0.1, 0.15) is 11.5 Å². The Bertz CT molecular complexity index is 805. The summed E-state index contributed by atoms with van der Waals surface area (Å²) in [4.78, 5) is 14.8. The van der Waals surface area contributed by atoms with Crippen LogP contribution in [-0.4, -0.2) is 25.5 Å². The fourth-order valence-electron chi connectivity index (χ4n) is 2.45. The van der Waals surface area contributed by atoms with Crippen LogP contribution < -0.4 is 9.47 Å². The monoisotopic (exact) mass is 281 g/mol. The molecule has 21 heavy (non-hydrogen) atoms. The molecule has 106 valence electrons. The van der Waals surface area contributed by atoms with E-state index in [2.05, 4.69) is 4.98 Å². The molecular formula is C17H15NO3. The normalized spacial score (nSPS) is 10.6. The van der Waals surface area contributed by atoms with Gasteiger partial charge in [0.25, 0.3) is 0 Å². The maximum atomic E-state index is 11.5. The third-order valence-corrected chi connectivity index (χ3v) is 3.52. The predicted molar refractivity (Wildman–Crippen MR) is 82.2 cm³/mol. The van der Waals surface area contributed by atoms with Crippen molar-refractivity contribution in [1.82, 2.24) is 4.98 Å². The number of hydrogen-bond donors (Lipinski definition) is 1. The zero-order valence-corrected chi connectivity index (χ0v) is 11.8. The van der Waals surface area contributed by atoms with Gasteiger partial charge in [-0.15, -0.1) is 0 Å². The average Bonchev–Trinajstić information content (AvgIpc) is 2.92. The molecule has 0 aliphatic heterocycles. The number of carbonyl (C=O) groups is 1. The van der Waals surface area contributed by atoms with Crippen LogP contribution in [0.4, 0.5) is 0 Å². The van der Waals surface area contributed by atoms with Crippen LogP contribution in [0.3, 0.4) is 0 Å². The lowest BCUT2D eigenvalue weighted by Gasteiger charge is -2.03. The first kappa shape index (κ1) is 13.2. The summed E-state index contributed by atoms with van der Waals surface area (Å²) in [6, 6.07) is 13.2. The summed E-state index contributed by atoms with van der Waals surface area (Å²) < 4.78 is 10.5. The molecule has 0 aliphatic rings. The molecule has 0 bridgehead atoms. The van der Waals surface area contributed by atoms with E-state index in [1.165, 1.54) is 0 Å². The lowest BCUT2D eigenvalue weighted by atomic mass is 10.1. The lowest BCUT2D eigenvalue weighted by Crippen LogP contribution is -1.87. The van der Waals surface area contributed by atoms with Crippen molar-refractivity contribution >= 4 is 17.2 Å². The summed E-state index contributed by atoms with van der Waals surface area (Å²) in [6.07, 6.45) is 0.868. The fraction of sp³-hybridized carbons (Fsp3) is 0.118. The number of aldehydes is 1. The summed E-state index contributed by atoms with van der Waals surface area (Å²) in [5.74, 6) is 1.47. The van der Waals surface area contributed by atoms with E-state index < -0.39 is 0 Å². The van der Waals surface area contributed by atoms with Gasteiger partial charge in [0.2, 0.25) is 0 Å². The smallest absolute Gasteiger partial charge is 0.152 e. The molecule has 0 fully saturated rings. The summed E-state index contributed by atoms with van der Waals surface area (Å²) in [5, 5.41) is 0.849. The largest absolute Gasteiger partial charge is 0.497 e. The van der Waals surface area contributed by atoms with Gasteiger partial charge in [-0.05, 0) is 30.3 Å². The fourth-order valence-corrected chi connectivity index (χ4v) is 2.45. The molecule has 0 aliphatic carbocycles. The number of benzene rings is 2. The van der Waals surface area contributed by atoms with Gasteiger partial charge in [-0.1, -0.05) is 12.1 Å². The molecule has 3 rings (SSSR count). The van der Waals surface area contributed by atoms with Crippen LogP contribution in [-0.2, 0) is 0 Å². The average molecular weight is 281 g/mol. The Labute approximate surface area is 122 Å². The van der Waals surface area contributed by atoms with E-state index >= 15 is 0 Å². The molecule has 0 spiro atoms. The van der Waals surface area contributed by atoms with Crippen LogP contribution in [0, 0.1) is 0 Å². The minimum Gasteiger partial charge on any atom is -0.497 e. The summed E-state index contributed by atoms with van der Waals surface area (Å²) >= 11 is 0. The Balaban J connectivity index is 2.24. The maximum Gasteiger partial charge on any atom is 0.152 e. The Morgan fingerprint density at radius 3 is 2.48 bits per heavy atom. The minimum atomic E-state index is 0.622. The number of methoxy groups -OCH3 is 2. The Hall–Kier alpha value is -2.75.